The molecule has 1 spiro atoms. The molecule has 5 saturated carbocycles. The molecular weight excluding hydrogens is 582 g/mol. The molecule has 1 heterocycles. The number of carbonyl (C=O) groups is 2. The smallest absolute Gasteiger partial charge is 0.338 e. The summed E-state index contributed by atoms with van der Waals surface area (Å²) >= 11 is 0. The Morgan fingerprint density at radius 1 is 1.04 bits per heavy atom. The molecule has 0 radical (unpaired) electrons. The fourth-order valence-electron chi connectivity index (χ4n) is 12.1. The van der Waals surface area contributed by atoms with Crippen molar-refractivity contribution in [1.29, 1.82) is 0 Å². The van der Waals surface area contributed by atoms with E-state index < -0.39 is 58.2 Å². The van der Waals surface area contributed by atoms with Crippen LogP contribution in [0.1, 0.15) is 49.9 Å². The quantitative estimate of drug-likeness (QED) is 0.389. The first kappa shape index (κ1) is 31.3. The van der Waals surface area contributed by atoms with E-state index in [2.05, 4.69) is 11.8 Å². The zero-order chi connectivity index (χ0) is 32.1. The number of hydrogen-bond acceptors (Lipinski definition) is 11. The third-order valence-corrected chi connectivity index (χ3v) is 13.1. The highest BCUT2D eigenvalue weighted by atomic mass is 16.6. The molecule has 6 fully saturated rings. The second kappa shape index (κ2) is 10.6. The molecule has 1 saturated heterocycles. The van der Waals surface area contributed by atoms with E-state index in [9.17, 15) is 19.8 Å². The Kier molecular flexibility index (Phi) is 7.39. The topological polar surface area (TPSA) is 133 Å². The van der Waals surface area contributed by atoms with Gasteiger partial charge in [-0.15, -0.1) is 0 Å². The summed E-state index contributed by atoms with van der Waals surface area (Å²) in [5, 5.41) is 24.5. The Hall–Kier alpha value is -2.28. The summed E-state index contributed by atoms with van der Waals surface area (Å²) < 4.78 is 36.7. The van der Waals surface area contributed by atoms with Crippen LogP contribution in [0.5, 0.6) is 5.75 Å². The van der Waals surface area contributed by atoms with Crippen LogP contribution in [-0.4, -0.2) is 117 Å². The first-order valence-electron chi connectivity index (χ1n) is 16.3. The molecule has 1 aliphatic heterocycles. The van der Waals surface area contributed by atoms with Gasteiger partial charge < -0.3 is 38.6 Å². The van der Waals surface area contributed by atoms with Gasteiger partial charge >= 0.3 is 11.9 Å². The lowest BCUT2D eigenvalue weighted by Gasteiger charge is -2.68. The molecule has 13 atom stereocenters. The minimum Gasteiger partial charge on any atom is -0.497 e. The van der Waals surface area contributed by atoms with Crippen molar-refractivity contribution in [3.63, 3.8) is 0 Å². The molecule has 0 unspecified atom stereocenters. The van der Waals surface area contributed by atoms with E-state index in [-0.39, 0.29) is 36.3 Å². The third kappa shape index (κ3) is 3.79. The van der Waals surface area contributed by atoms with Gasteiger partial charge in [-0.1, -0.05) is 6.92 Å². The molecule has 11 heteroatoms. The number of esters is 2. The first-order chi connectivity index (χ1) is 21.5. The van der Waals surface area contributed by atoms with Gasteiger partial charge in [-0.2, -0.15) is 0 Å². The van der Waals surface area contributed by atoms with Crippen LogP contribution < -0.4 is 4.74 Å². The number of carbonyl (C=O) groups excluding carboxylic acids is 2. The second-order valence-corrected chi connectivity index (χ2v) is 14.4. The van der Waals surface area contributed by atoms with Gasteiger partial charge in [0.25, 0.3) is 0 Å². The largest absolute Gasteiger partial charge is 0.497 e. The normalized spacial score (nSPS) is 47.3. The van der Waals surface area contributed by atoms with Gasteiger partial charge in [0.05, 0.1) is 37.6 Å². The maximum absolute atomic E-state index is 13.8. The van der Waals surface area contributed by atoms with Gasteiger partial charge in [0.1, 0.15) is 23.1 Å². The maximum atomic E-state index is 13.8. The van der Waals surface area contributed by atoms with Crippen molar-refractivity contribution >= 4 is 11.9 Å². The van der Waals surface area contributed by atoms with Crippen LogP contribution in [-0.2, 0) is 28.5 Å². The number of hydrogen-bond donors (Lipinski definition) is 2. The van der Waals surface area contributed by atoms with Crippen molar-refractivity contribution in [3.8, 4) is 5.75 Å². The molecule has 1 aromatic rings. The Bertz CT molecular complexity index is 1340. The van der Waals surface area contributed by atoms with Crippen LogP contribution in [0.2, 0.25) is 0 Å². The average Bonchev–Trinajstić information content (AvgIpc) is 3.39. The number of piperidine rings is 1. The lowest BCUT2D eigenvalue weighted by molar-refractivity contribution is -0.277. The molecule has 7 bridgehead atoms. The molecular formula is C34H47NO10. The van der Waals surface area contributed by atoms with Crippen LogP contribution in [0, 0.1) is 34.5 Å². The lowest BCUT2D eigenvalue weighted by atomic mass is 9.43. The number of aliphatic hydroxyl groups is 2. The van der Waals surface area contributed by atoms with Crippen molar-refractivity contribution in [3.05, 3.63) is 29.8 Å². The van der Waals surface area contributed by atoms with Crippen molar-refractivity contribution in [2.24, 2.45) is 34.5 Å². The SMILES string of the molecule is CCN1C[C@@]2(COC)[C@H]3[C@@H](OC)[C@H]4[C@@H]1[C@]3(CC[C@@H]2O)[C@@H]1C[C@]2(O)[C@@H](OC)C[C@@]4(OC(C)=O)[C@H]1[C@H]2OC(=O)c1ccc(OC)cc1. The van der Waals surface area contributed by atoms with E-state index in [0.717, 1.165) is 6.54 Å². The summed E-state index contributed by atoms with van der Waals surface area (Å²) in [6.07, 6.45) is -0.873. The summed E-state index contributed by atoms with van der Waals surface area (Å²) in [6.45, 7) is 5.26. The zero-order valence-electron chi connectivity index (χ0n) is 27.1. The summed E-state index contributed by atoms with van der Waals surface area (Å²) in [5.74, 6) is -1.55. The highest BCUT2D eigenvalue weighted by Crippen LogP contribution is 2.80. The minimum absolute atomic E-state index is 0.0357. The van der Waals surface area contributed by atoms with Gasteiger partial charge in [0.15, 0.2) is 0 Å². The number of likely N-dealkylation sites (tertiary alicyclic amines) is 1. The molecule has 45 heavy (non-hydrogen) atoms. The van der Waals surface area contributed by atoms with Gasteiger partial charge in [-0.25, -0.2) is 4.79 Å². The van der Waals surface area contributed by atoms with Crippen LogP contribution >= 0.6 is 0 Å². The molecule has 6 aliphatic rings. The van der Waals surface area contributed by atoms with Crippen LogP contribution in [0.3, 0.4) is 0 Å². The number of nitrogens with zero attached hydrogens (tertiary/aromatic N) is 1. The molecule has 11 nitrogen and oxygen atoms in total. The fourth-order valence-corrected chi connectivity index (χ4v) is 12.1. The molecule has 0 aromatic heterocycles. The average molecular weight is 630 g/mol. The van der Waals surface area contributed by atoms with Gasteiger partial charge in [-0.05, 0) is 61.4 Å². The Morgan fingerprint density at radius 3 is 2.38 bits per heavy atom. The molecule has 248 valence electrons. The van der Waals surface area contributed by atoms with Crippen molar-refractivity contribution < 1.29 is 48.2 Å². The summed E-state index contributed by atoms with van der Waals surface area (Å²) in [4.78, 5) is 29.4. The van der Waals surface area contributed by atoms with Crippen molar-refractivity contribution in [2.75, 3.05) is 48.1 Å². The van der Waals surface area contributed by atoms with E-state index in [1.165, 1.54) is 6.92 Å². The zero-order valence-corrected chi connectivity index (χ0v) is 27.1. The molecule has 2 N–H and O–H groups in total. The summed E-state index contributed by atoms with van der Waals surface area (Å²) in [7, 11) is 6.50. The maximum Gasteiger partial charge on any atom is 0.338 e. The van der Waals surface area contributed by atoms with Crippen LogP contribution in [0.4, 0.5) is 0 Å². The van der Waals surface area contributed by atoms with Gasteiger partial charge in [0, 0.05) is 70.4 Å². The molecule has 5 aliphatic carbocycles. The van der Waals surface area contributed by atoms with Crippen molar-refractivity contribution in [2.45, 2.75) is 81.2 Å². The molecule has 7 rings (SSSR count). The van der Waals surface area contributed by atoms with Crippen LogP contribution in [0.25, 0.3) is 0 Å². The number of methoxy groups -OCH3 is 4. The Morgan fingerprint density at radius 2 is 1.78 bits per heavy atom. The highest BCUT2D eigenvalue weighted by molar-refractivity contribution is 5.89. The summed E-state index contributed by atoms with van der Waals surface area (Å²) in [6, 6.07) is 6.63. The van der Waals surface area contributed by atoms with Crippen LogP contribution in [0.15, 0.2) is 24.3 Å². The predicted octanol–water partition coefficient (Wildman–Crippen LogP) is 2.06. The van der Waals surface area contributed by atoms with E-state index >= 15 is 0 Å². The minimum atomic E-state index is -1.51. The summed E-state index contributed by atoms with van der Waals surface area (Å²) in [5.41, 5.74) is -3.37. The van der Waals surface area contributed by atoms with Gasteiger partial charge in [-0.3, -0.25) is 9.69 Å². The number of aliphatic hydroxyl groups excluding tert-OH is 1. The number of fused-ring (bicyclic) bond motifs is 2. The van der Waals surface area contributed by atoms with Crippen molar-refractivity contribution in [1.82, 2.24) is 4.90 Å². The predicted molar refractivity (Wildman–Crippen MR) is 159 cm³/mol. The van der Waals surface area contributed by atoms with E-state index in [0.29, 0.717) is 43.7 Å². The molecule has 1 aromatic carbocycles. The standard InChI is InChI=1S/C34H47NO10/c1-7-35-16-31(17-40-3)22(37)12-13-32-21-14-33(39)23(42-5)15-34(45-18(2)36,25(28(32)35)26(43-6)27(31)32)24(21)29(33)44-30(38)19-8-10-20(41-4)11-9-19/h8-11,21-29,37,39H,7,12-17H2,1-6H3/t21-,22+,23+,24-,25+,26+,27-,28-,29-,31+,32-,33+,34-/m1/s1. The second-order valence-electron chi connectivity index (χ2n) is 14.4. The van der Waals surface area contributed by atoms with E-state index in [1.807, 2.05) is 0 Å². The molecule has 0 amide bonds. The highest BCUT2D eigenvalue weighted by Gasteiger charge is 2.88. The Balaban J connectivity index is 1.43. The van der Waals surface area contributed by atoms with Gasteiger partial charge in [0.2, 0.25) is 0 Å². The number of rotatable bonds is 9. The van der Waals surface area contributed by atoms with E-state index in [4.69, 9.17) is 28.4 Å². The third-order valence-electron chi connectivity index (χ3n) is 13.1. The van der Waals surface area contributed by atoms with E-state index in [1.54, 1.807) is 52.7 Å². The monoisotopic (exact) mass is 629 g/mol. The first-order valence-corrected chi connectivity index (χ1v) is 16.3. The Labute approximate surface area is 264 Å². The number of benzene rings is 1. The lowest BCUT2D eigenvalue weighted by Crippen LogP contribution is -2.76. The fraction of sp³-hybridized carbons (Fsp3) is 0.765. The number of ether oxygens (including phenoxy) is 6.